The van der Waals surface area contributed by atoms with Gasteiger partial charge in [0, 0.05) is 0 Å². The Balaban J connectivity index is -0.0000000933. The Kier molecular flexibility index (Phi) is 27.9. The Labute approximate surface area is 188 Å². The van der Waals surface area contributed by atoms with Crippen LogP contribution in [0.15, 0.2) is 0 Å². The SMILES string of the molecule is O=C(O)[C@H](O)[C@@H](O)[C@H](O)[C@H](O)CO.O=S(=O)(O)O.[CaH2].[MgH2].[NaH]. The Hall–Kier alpha value is 2.17. The van der Waals surface area contributed by atoms with Crippen LogP contribution in [0, 0.1) is 0 Å². The first-order chi connectivity index (χ1) is 7.91. The van der Waals surface area contributed by atoms with Crippen molar-refractivity contribution in [1.29, 1.82) is 0 Å². The van der Waals surface area contributed by atoms with Gasteiger partial charge in [-0.25, -0.2) is 4.79 Å². The minimum absolute atomic E-state index is 0. The molecule has 21 heavy (non-hydrogen) atoms. The van der Waals surface area contributed by atoms with Crippen LogP contribution in [0.25, 0.3) is 0 Å². The number of aliphatic hydroxyl groups is 5. The second kappa shape index (κ2) is 17.0. The van der Waals surface area contributed by atoms with Gasteiger partial charge in [-0.1, -0.05) is 0 Å². The molecule has 0 aliphatic rings. The van der Waals surface area contributed by atoms with E-state index in [4.69, 9.17) is 48.2 Å². The van der Waals surface area contributed by atoms with Crippen molar-refractivity contribution >= 4 is 107 Å². The molecule has 0 unspecified atom stereocenters. The summed E-state index contributed by atoms with van der Waals surface area (Å²) in [5, 5.41) is 51.8. The quantitative estimate of drug-likeness (QED) is 0.164. The number of rotatable bonds is 5. The van der Waals surface area contributed by atoms with Crippen molar-refractivity contribution in [1.82, 2.24) is 0 Å². The monoisotopic (exact) mass is 386 g/mol. The van der Waals surface area contributed by atoms with Gasteiger partial charge in [-0.15, -0.1) is 0 Å². The molecule has 0 saturated carbocycles. The van der Waals surface area contributed by atoms with Crippen LogP contribution in [-0.4, -0.2) is 176 Å². The van der Waals surface area contributed by atoms with Crippen molar-refractivity contribution in [3.8, 4) is 0 Å². The summed E-state index contributed by atoms with van der Waals surface area (Å²) in [6.45, 7) is -0.843. The molecule has 0 fully saturated rings. The van der Waals surface area contributed by atoms with Gasteiger partial charge in [0.1, 0.15) is 18.3 Å². The van der Waals surface area contributed by atoms with E-state index in [9.17, 15) is 4.79 Å². The normalized spacial score (nSPS) is 15.4. The summed E-state index contributed by atoms with van der Waals surface area (Å²) in [7, 11) is -4.67. The van der Waals surface area contributed by atoms with E-state index in [-0.39, 0.29) is 90.3 Å². The molecular formula is C6H19CaMgNaO11S. The molecule has 8 N–H and O–H groups in total. The van der Waals surface area contributed by atoms with Gasteiger partial charge in [-0.2, -0.15) is 8.42 Å². The van der Waals surface area contributed by atoms with Crippen molar-refractivity contribution in [2.45, 2.75) is 24.4 Å². The molecule has 0 rings (SSSR count). The van der Waals surface area contributed by atoms with Gasteiger partial charge in [-0.05, 0) is 0 Å². The third-order valence-corrected chi connectivity index (χ3v) is 1.51. The van der Waals surface area contributed by atoms with E-state index in [1.165, 1.54) is 0 Å². The predicted octanol–water partition coefficient (Wildman–Crippen LogP) is -6.63. The van der Waals surface area contributed by atoms with E-state index in [1.54, 1.807) is 0 Å². The van der Waals surface area contributed by atoms with Crippen LogP contribution in [0.1, 0.15) is 0 Å². The second-order valence-corrected chi connectivity index (χ2v) is 3.86. The maximum absolute atomic E-state index is 10.1. The zero-order valence-corrected chi connectivity index (χ0v) is 9.54. The Morgan fingerprint density at radius 1 is 1.00 bits per heavy atom. The fourth-order valence-corrected chi connectivity index (χ4v) is 0.668. The average Bonchev–Trinajstić information content (AvgIpc) is 2.22. The first kappa shape index (κ1) is 34.5. The number of carboxylic acids is 1. The van der Waals surface area contributed by atoms with Crippen molar-refractivity contribution < 1.29 is 53.0 Å². The second-order valence-electron chi connectivity index (χ2n) is 2.96. The Morgan fingerprint density at radius 2 is 1.29 bits per heavy atom. The van der Waals surface area contributed by atoms with Gasteiger partial charge in [0.15, 0.2) is 6.10 Å². The fourth-order valence-electron chi connectivity index (χ4n) is 0.668. The molecule has 0 aromatic carbocycles. The molecule has 0 saturated heterocycles. The van der Waals surface area contributed by atoms with Crippen molar-refractivity contribution in [3.63, 3.8) is 0 Å². The predicted molar refractivity (Wildman–Crippen MR) is 77.2 cm³/mol. The molecular weight excluding hydrogens is 367 g/mol. The molecule has 0 aromatic heterocycles. The summed E-state index contributed by atoms with van der Waals surface area (Å²) in [6, 6.07) is 0. The van der Waals surface area contributed by atoms with Gasteiger partial charge in [-0.3, -0.25) is 9.11 Å². The number of carbonyl (C=O) groups is 1. The maximum atomic E-state index is 10.1. The van der Waals surface area contributed by atoms with Gasteiger partial charge < -0.3 is 30.6 Å². The van der Waals surface area contributed by atoms with Crippen LogP contribution in [0.4, 0.5) is 0 Å². The van der Waals surface area contributed by atoms with Gasteiger partial charge in [0.05, 0.1) is 6.61 Å². The molecule has 0 spiro atoms. The van der Waals surface area contributed by atoms with E-state index >= 15 is 0 Å². The van der Waals surface area contributed by atoms with Crippen molar-refractivity contribution in [3.05, 3.63) is 0 Å². The van der Waals surface area contributed by atoms with Crippen LogP contribution in [0.3, 0.4) is 0 Å². The van der Waals surface area contributed by atoms with Crippen LogP contribution in [0.2, 0.25) is 0 Å². The molecule has 0 aromatic rings. The molecule has 0 heterocycles. The Bertz CT molecular complexity index is 347. The summed E-state index contributed by atoms with van der Waals surface area (Å²) in [5.41, 5.74) is 0. The standard InChI is InChI=1S/C6H12O7.Ca.Mg.Na.H2O4S.5H/c7-1-2(8)3(9)4(10)5(11)6(12)13;;;;1-5(2,3)4;;;;;/h2-5,7-11H,1H2,(H,12,13);;;;(H2,1,2,3,4);;;;;/t2-,3-,4+,5-;;;;;;;;;/m1........./s1. The molecule has 120 valence electrons. The van der Waals surface area contributed by atoms with Crippen molar-refractivity contribution in [2.75, 3.05) is 6.61 Å². The molecule has 0 bridgehead atoms. The molecule has 0 aliphatic carbocycles. The van der Waals surface area contributed by atoms with E-state index in [1.807, 2.05) is 0 Å². The van der Waals surface area contributed by atoms with Crippen LogP contribution >= 0.6 is 0 Å². The van der Waals surface area contributed by atoms with E-state index < -0.39 is 47.4 Å². The van der Waals surface area contributed by atoms with E-state index in [2.05, 4.69) is 0 Å². The molecule has 15 heteroatoms. The molecule has 11 nitrogen and oxygen atoms in total. The molecule has 0 amide bonds. The first-order valence-corrected chi connectivity index (χ1v) is 5.57. The average molecular weight is 387 g/mol. The minimum atomic E-state index is -4.67. The van der Waals surface area contributed by atoms with Crippen molar-refractivity contribution in [2.24, 2.45) is 0 Å². The van der Waals surface area contributed by atoms with E-state index in [0.717, 1.165) is 0 Å². The third kappa shape index (κ3) is 22.2. The number of aliphatic hydroxyl groups excluding tert-OH is 5. The number of hydrogen-bond donors (Lipinski definition) is 8. The van der Waals surface area contributed by atoms with Gasteiger partial charge in [0.2, 0.25) is 0 Å². The van der Waals surface area contributed by atoms with Gasteiger partial charge in [0.25, 0.3) is 0 Å². The molecule has 0 radical (unpaired) electrons. The van der Waals surface area contributed by atoms with Crippen LogP contribution in [-0.2, 0) is 15.2 Å². The van der Waals surface area contributed by atoms with Gasteiger partial charge >= 0.3 is 107 Å². The topological polar surface area (TPSA) is 213 Å². The summed E-state index contributed by atoms with van der Waals surface area (Å²) in [6.07, 6.45) is -7.84. The Morgan fingerprint density at radius 3 is 1.48 bits per heavy atom. The fraction of sp³-hybridized carbons (Fsp3) is 0.833. The van der Waals surface area contributed by atoms with Crippen LogP contribution < -0.4 is 0 Å². The number of carboxylic acid groups (broad SMARTS) is 1. The summed E-state index contributed by atoms with van der Waals surface area (Å²) in [5.74, 6) is -1.73. The number of aliphatic carboxylic acids is 1. The third-order valence-electron chi connectivity index (χ3n) is 1.51. The summed E-state index contributed by atoms with van der Waals surface area (Å²) < 4.78 is 31.6. The number of hydrogen-bond acceptors (Lipinski definition) is 8. The summed E-state index contributed by atoms with van der Waals surface area (Å²) in [4.78, 5) is 10.1. The summed E-state index contributed by atoms with van der Waals surface area (Å²) >= 11 is 0. The first-order valence-electron chi connectivity index (χ1n) is 4.17. The van der Waals surface area contributed by atoms with Crippen LogP contribution in [0.5, 0.6) is 0 Å². The zero-order chi connectivity index (χ0) is 15.1. The zero-order valence-electron chi connectivity index (χ0n) is 8.73. The molecule has 0 aliphatic heterocycles. The molecule has 4 atom stereocenters. The van der Waals surface area contributed by atoms with E-state index in [0.29, 0.717) is 0 Å².